The van der Waals surface area contributed by atoms with Crippen molar-refractivity contribution >= 4 is 23.1 Å². The molecule has 5 nitrogen and oxygen atoms in total. The molecule has 8 rings (SSSR count). The molecule has 47 heavy (non-hydrogen) atoms. The molecule has 0 fully saturated rings. The summed E-state index contributed by atoms with van der Waals surface area (Å²) < 4.78 is 15.0. The molecule has 5 heterocycles. The Bertz CT molecular complexity index is 1770. The Morgan fingerprint density at radius 2 is 1.74 bits per heavy atom. The number of carbonyl (C=O) groups is 1. The Hall–Kier alpha value is -3.44. The van der Waals surface area contributed by atoms with E-state index in [1.54, 1.807) is 0 Å². The smallest absolute Gasteiger partial charge is 0.305 e. The van der Waals surface area contributed by atoms with Crippen LogP contribution in [0.1, 0.15) is 97.6 Å². The molecular formula is C42H51N2O3+. The van der Waals surface area contributed by atoms with Crippen molar-refractivity contribution in [2.24, 2.45) is 11.3 Å². The van der Waals surface area contributed by atoms with Crippen LogP contribution in [0.25, 0.3) is 0 Å². The highest BCUT2D eigenvalue weighted by Crippen LogP contribution is 2.57. The first kappa shape index (κ1) is 30.9. The zero-order chi connectivity index (χ0) is 32.7. The SMILES string of the molecule is CCOC(=O)CCCCCC1(C)C2=C3C=C4C=C5C6=[N+](CC(C)(C)[C@@H]5O[C@@H]4C[C@@H]3CCN2c2ccccc21)c1ccccc1C6(C)C. The van der Waals surface area contributed by atoms with Crippen molar-refractivity contribution < 1.29 is 18.8 Å². The molecule has 0 saturated heterocycles. The standard InChI is InChI=1S/C42H51N2O3/c1-7-46-36(45)19-9-8-14-21-42(6)32-16-11-13-18-34(32)43-22-20-27-25-35-28(23-29(27)38(42)43)24-30-37-41(4,5)31-15-10-12-17-33(31)44(37)26-40(2,3)39(30)47-35/h10-13,15-18,23-24,27,35,39H,7-9,14,19-22,25-26H2,1-6H3/q+1/t27-,35+,39+,42?/m0/s1. The second-order valence-corrected chi connectivity index (χ2v) is 16.2. The van der Waals surface area contributed by atoms with Crippen LogP contribution in [-0.2, 0) is 25.1 Å². The first-order chi connectivity index (χ1) is 22.5. The van der Waals surface area contributed by atoms with Crippen molar-refractivity contribution in [2.45, 2.75) is 110 Å². The summed E-state index contributed by atoms with van der Waals surface area (Å²) >= 11 is 0. The van der Waals surface area contributed by atoms with E-state index in [0.29, 0.717) is 18.9 Å². The number of unbranched alkanes of at least 4 members (excludes halogenated alkanes) is 2. The monoisotopic (exact) mass is 631 g/mol. The van der Waals surface area contributed by atoms with Crippen LogP contribution in [0.4, 0.5) is 11.4 Å². The lowest BCUT2D eigenvalue weighted by Crippen LogP contribution is -2.53. The van der Waals surface area contributed by atoms with Gasteiger partial charge in [0.25, 0.3) is 0 Å². The molecule has 6 aliphatic rings. The summed E-state index contributed by atoms with van der Waals surface area (Å²) in [6.07, 6.45) is 12.2. The first-order valence-electron chi connectivity index (χ1n) is 18.2. The number of para-hydroxylation sites is 2. The molecule has 2 aromatic rings. The van der Waals surface area contributed by atoms with Crippen molar-refractivity contribution in [2.75, 3.05) is 24.6 Å². The molecule has 246 valence electrons. The molecule has 4 atom stereocenters. The maximum atomic E-state index is 12.0. The highest BCUT2D eigenvalue weighted by Gasteiger charge is 2.58. The summed E-state index contributed by atoms with van der Waals surface area (Å²) in [4.78, 5) is 14.6. The van der Waals surface area contributed by atoms with E-state index >= 15 is 0 Å². The Balaban J connectivity index is 1.19. The van der Waals surface area contributed by atoms with Crippen LogP contribution in [0.2, 0.25) is 0 Å². The Morgan fingerprint density at radius 3 is 2.55 bits per heavy atom. The van der Waals surface area contributed by atoms with E-state index in [9.17, 15) is 4.79 Å². The van der Waals surface area contributed by atoms with Crippen LogP contribution in [0.5, 0.6) is 0 Å². The Morgan fingerprint density at radius 1 is 0.979 bits per heavy atom. The molecule has 2 aromatic carbocycles. The van der Waals surface area contributed by atoms with Crippen molar-refractivity contribution in [1.82, 2.24) is 0 Å². The number of esters is 1. The minimum absolute atomic E-state index is 0.00452. The zero-order valence-electron chi connectivity index (χ0n) is 29.2. The van der Waals surface area contributed by atoms with Crippen LogP contribution < -0.4 is 4.90 Å². The normalized spacial score (nSPS) is 29.1. The van der Waals surface area contributed by atoms with Crippen LogP contribution >= 0.6 is 0 Å². The highest BCUT2D eigenvalue weighted by molar-refractivity contribution is 6.08. The second kappa shape index (κ2) is 11.1. The van der Waals surface area contributed by atoms with Gasteiger partial charge in [-0.2, -0.15) is 4.58 Å². The zero-order valence-corrected chi connectivity index (χ0v) is 29.2. The lowest BCUT2D eigenvalue weighted by Gasteiger charge is -2.47. The van der Waals surface area contributed by atoms with Crippen LogP contribution in [0, 0.1) is 11.3 Å². The summed E-state index contributed by atoms with van der Waals surface area (Å²) in [7, 11) is 0. The van der Waals surface area contributed by atoms with Crippen molar-refractivity contribution in [3.05, 3.63) is 94.2 Å². The van der Waals surface area contributed by atoms with Gasteiger partial charge in [-0.05, 0) is 88.1 Å². The molecule has 0 radical (unpaired) electrons. The number of nitrogens with zero attached hydrogens (tertiary/aromatic N) is 2. The molecule has 0 spiro atoms. The predicted molar refractivity (Wildman–Crippen MR) is 188 cm³/mol. The summed E-state index contributed by atoms with van der Waals surface area (Å²) in [6.45, 7) is 16.4. The van der Waals surface area contributed by atoms with E-state index in [1.807, 2.05) is 6.92 Å². The van der Waals surface area contributed by atoms with Gasteiger partial charge >= 0.3 is 5.97 Å². The Labute approximate surface area is 281 Å². The fourth-order valence-corrected chi connectivity index (χ4v) is 10.1. The minimum Gasteiger partial charge on any atom is -0.466 e. The number of fused-ring (bicyclic) bond motifs is 9. The number of allylic oxidation sites excluding steroid dienone is 3. The van der Waals surface area contributed by atoms with Gasteiger partial charge in [-0.3, -0.25) is 4.79 Å². The molecule has 0 saturated carbocycles. The number of benzene rings is 2. The average molecular weight is 632 g/mol. The van der Waals surface area contributed by atoms with E-state index < -0.39 is 0 Å². The van der Waals surface area contributed by atoms with Crippen molar-refractivity contribution in [3.63, 3.8) is 0 Å². The van der Waals surface area contributed by atoms with E-state index in [-0.39, 0.29) is 34.4 Å². The van der Waals surface area contributed by atoms with Gasteiger partial charge in [0, 0.05) is 47.0 Å². The first-order valence-corrected chi connectivity index (χ1v) is 18.2. The van der Waals surface area contributed by atoms with Gasteiger partial charge in [0.05, 0.1) is 23.5 Å². The average Bonchev–Trinajstić information content (AvgIpc) is 3.43. The van der Waals surface area contributed by atoms with Gasteiger partial charge in [-0.25, -0.2) is 0 Å². The summed E-state index contributed by atoms with van der Waals surface area (Å²) in [5, 5.41) is 0. The number of rotatable bonds is 7. The van der Waals surface area contributed by atoms with Crippen LogP contribution in [0.15, 0.2) is 83.1 Å². The highest BCUT2D eigenvalue weighted by atomic mass is 16.5. The predicted octanol–water partition coefficient (Wildman–Crippen LogP) is 8.69. The van der Waals surface area contributed by atoms with Crippen LogP contribution in [0.3, 0.4) is 0 Å². The lowest BCUT2D eigenvalue weighted by atomic mass is 9.67. The molecule has 5 heteroatoms. The van der Waals surface area contributed by atoms with Gasteiger partial charge in [-0.15, -0.1) is 0 Å². The number of hydrogen-bond acceptors (Lipinski definition) is 4. The van der Waals surface area contributed by atoms with Gasteiger partial charge in [0.2, 0.25) is 5.69 Å². The minimum atomic E-state index is -0.0758. The van der Waals surface area contributed by atoms with E-state index in [1.165, 1.54) is 50.6 Å². The summed E-state index contributed by atoms with van der Waals surface area (Å²) in [5.74, 6) is 0.434. The topological polar surface area (TPSA) is 41.8 Å². The molecular weight excluding hydrogens is 580 g/mol. The van der Waals surface area contributed by atoms with Crippen molar-refractivity contribution in [3.8, 4) is 0 Å². The molecule has 0 aromatic heterocycles. The largest absolute Gasteiger partial charge is 0.466 e. The van der Waals surface area contributed by atoms with Gasteiger partial charge < -0.3 is 14.4 Å². The van der Waals surface area contributed by atoms with E-state index in [2.05, 4.69) is 105 Å². The summed E-state index contributed by atoms with van der Waals surface area (Å²) in [5.41, 5.74) is 12.7. The number of carbonyl (C=O) groups excluding carboxylic acids is 1. The van der Waals surface area contributed by atoms with Crippen molar-refractivity contribution in [1.29, 1.82) is 0 Å². The third-order valence-electron chi connectivity index (χ3n) is 12.2. The molecule has 0 N–H and O–H groups in total. The number of ether oxygens (including phenoxy) is 2. The molecule has 1 unspecified atom stereocenters. The maximum absolute atomic E-state index is 12.0. The van der Waals surface area contributed by atoms with E-state index in [0.717, 1.165) is 51.6 Å². The van der Waals surface area contributed by atoms with Gasteiger partial charge in [0.1, 0.15) is 6.10 Å². The number of hydrogen-bond donors (Lipinski definition) is 0. The molecule has 0 bridgehead atoms. The third kappa shape index (κ3) is 4.66. The molecule has 1 aliphatic carbocycles. The fourth-order valence-electron chi connectivity index (χ4n) is 10.1. The number of anilines is 1. The molecule has 5 aliphatic heterocycles. The lowest BCUT2D eigenvalue weighted by molar-refractivity contribution is -0.466. The summed E-state index contributed by atoms with van der Waals surface area (Å²) in [6, 6.07) is 18.1. The third-order valence-corrected chi connectivity index (χ3v) is 12.2. The Kier molecular flexibility index (Phi) is 7.26. The van der Waals surface area contributed by atoms with Gasteiger partial charge in [0.15, 0.2) is 12.3 Å². The van der Waals surface area contributed by atoms with E-state index in [4.69, 9.17) is 9.47 Å². The quantitative estimate of drug-likeness (QED) is 0.174. The van der Waals surface area contributed by atoms with Gasteiger partial charge in [-0.1, -0.05) is 69.2 Å². The second-order valence-electron chi connectivity index (χ2n) is 16.2. The maximum Gasteiger partial charge on any atom is 0.305 e. The molecule has 0 amide bonds. The fraction of sp³-hybridized carbons (Fsp3) is 0.524. The van der Waals surface area contributed by atoms with Crippen LogP contribution in [-0.4, -0.2) is 48.2 Å².